The first-order valence-corrected chi connectivity index (χ1v) is 8.23. The molecule has 9 heteroatoms. The summed E-state index contributed by atoms with van der Waals surface area (Å²) in [6.07, 6.45) is -0.886. The van der Waals surface area contributed by atoms with Gasteiger partial charge < -0.3 is 10.1 Å². The quantitative estimate of drug-likeness (QED) is 0.795. The third-order valence-corrected chi connectivity index (χ3v) is 4.02. The lowest BCUT2D eigenvalue weighted by Crippen LogP contribution is -2.43. The highest BCUT2D eigenvalue weighted by atomic mass is 16.5. The summed E-state index contributed by atoms with van der Waals surface area (Å²) in [6, 6.07) is 8.22. The number of carbonyl (C=O) groups excluding carboxylic acids is 4. The Morgan fingerprint density at radius 1 is 1.19 bits per heavy atom. The van der Waals surface area contributed by atoms with Crippen molar-refractivity contribution in [3.05, 3.63) is 30.3 Å². The highest BCUT2D eigenvalue weighted by Gasteiger charge is 2.33. The van der Waals surface area contributed by atoms with Crippen LogP contribution >= 0.6 is 0 Å². The minimum Gasteiger partial charge on any atom is -0.448 e. The molecule has 3 rings (SSSR count). The first-order chi connectivity index (χ1) is 12.5. The highest BCUT2D eigenvalue weighted by molar-refractivity contribution is 6.38. The van der Waals surface area contributed by atoms with Crippen LogP contribution in [-0.2, 0) is 19.1 Å². The molecule has 4 amide bonds. The van der Waals surface area contributed by atoms with Crippen LogP contribution in [0, 0.1) is 0 Å². The number of hydrogen-bond donors (Lipinski definition) is 1. The topological polar surface area (TPSA) is 108 Å². The number of hydrogen-bond acceptors (Lipinski definition) is 6. The number of amides is 4. The molecular formula is C17H18N4O5. The lowest BCUT2D eigenvalue weighted by molar-refractivity contribution is -0.152. The molecule has 2 heterocycles. The van der Waals surface area contributed by atoms with Gasteiger partial charge in [0.1, 0.15) is 5.71 Å². The third kappa shape index (κ3) is 3.56. The van der Waals surface area contributed by atoms with Crippen molar-refractivity contribution >= 4 is 35.2 Å². The van der Waals surface area contributed by atoms with Gasteiger partial charge in [0.05, 0.1) is 5.69 Å². The Kier molecular flexibility index (Phi) is 4.97. The van der Waals surface area contributed by atoms with Crippen molar-refractivity contribution in [1.82, 2.24) is 10.2 Å². The van der Waals surface area contributed by atoms with Gasteiger partial charge in [-0.2, -0.15) is 5.10 Å². The van der Waals surface area contributed by atoms with E-state index in [1.807, 2.05) is 0 Å². The molecule has 1 fully saturated rings. The van der Waals surface area contributed by atoms with Crippen molar-refractivity contribution in [2.45, 2.75) is 25.9 Å². The molecule has 2 aliphatic rings. The number of imide groups is 1. The Morgan fingerprint density at radius 2 is 1.92 bits per heavy atom. The molecular weight excluding hydrogens is 340 g/mol. The van der Waals surface area contributed by atoms with Crippen LogP contribution in [-0.4, -0.2) is 53.6 Å². The number of carbonyl (C=O) groups is 4. The minimum atomic E-state index is -1.13. The second kappa shape index (κ2) is 7.34. The maximum absolute atomic E-state index is 12.3. The summed E-state index contributed by atoms with van der Waals surface area (Å²) in [5, 5.41) is 7.74. The van der Waals surface area contributed by atoms with Gasteiger partial charge in [0.15, 0.2) is 6.10 Å². The molecule has 1 saturated heterocycles. The molecule has 1 N–H and O–H groups in total. The molecule has 1 atom stereocenters. The second-order valence-corrected chi connectivity index (χ2v) is 5.86. The standard InChI is InChI=1S/C17H18N4O5/c1-11(15(23)20-10-9-18-17(20)25)26-16(24)13-7-8-14(22)21(19-13)12-5-3-2-4-6-12/h2-6,11H,7-10H2,1H3,(H,18,25). The average molecular weight is 358 g/mol. The zero-order valence-corrected chi connectivity index (χ0v) is 14.2. The summed E-state index contributed by atoms with van der Waals surface area (Å²) in [5.41, 5.74) is 0.597. The number of para-hydroxylation sites is 1. The van der Waals surface area contributed by atoms with E-state index in [2.05, 4.69) is 10.4 Å². The first kappa shape index (κ1) is 17.6. The highest BCUT2D eigenvalue weighted by Crippen LogP contribution is 2.20. The number of ether oxygens (including phenoxy) is 1. The maximum Gasteiger partial charge on any atom is 0.355 e. The van der Waals surface area contributed by atoms with Crippen LogP contribution in [0.15, 0.2) is 35.4 Å². The SMILES string of the molecule is CC(OC(=O)C1=NN(c2ccccc2)C(=O)CC1)C(=O)N1CCNC1=O. The Balaban J connectivity index is 1.69. The zero-order chi connectivity index (χ0) is 18.7. The van der Waals surface area contributed by atoms with Gasteiger partial charge in [0.25, 0.3) is 5.91 Å². The lowest BCUT2D eigenvalue weighted by Gasteiger charge is -2.24. The molecule has 1 aromatic carbocycles. The number of benzene rings is 1. The summed E-state index contributed by atoms with van der Waals surface area (Å²) < 4.78 is 5.15. The molecule has 1 unspecified atom stereocenters. The Labute approximate surface area is 149 Å². The number of anilines is 1. The smallest absolute Gasteiger partial charge is 0.355 e. The van der Waals surface area contributed by atoms with E-state index < -0.39 is 24.0 Å². The van der Waals surface area contributed by atoms with Gasteiger partial charge in [-0.1, -0.05) is 18.2 Å². The van der Waals surface area contributed by atoms with E-state index in [1.165, 1.54) is 6.92 Å². The van der Waals surface area contributed by atoms with Gasteiger partial charge in [0, 0.05) is 25.9 Å². The van der Waals surface area contributed by atoms with E-state index >= 15 is 0 Å². The average Bonchev–Trinajstić information content (AvgIpc) is 3.08. The van der Waals surface area contributed by atoms with Crippen LogP contribution in [0.4, 0.5) is 10.5 Å². The van der Waals surface area contributed by atoms with Crippen molar-refractivity contribution in [3.63, 3.8) is 0 Å². The summed E-state index contributed by atoms with van der Waals surface area (Å²) in [7, 11) is 0. The molecule has 0 aliphatic carbocycles. The predicted octanol–water partition coefficient (Wildman–Crippen LogP) is 0.653. The van der Waals surface area contributed by atoms with Gasteiger partial charge in [-0.15, -0.1) is 0 Å². The molecule has 0 bridgehead atoms. The summed E-state index contributed by atoms with van der Waals surface area (Å²) in [4.78, 5) is 49.1. The normalized spacial score (nSPS) is 18.3. The fourth-order valence-electron chi connectivity index (χ4n) is 2.65. The van der Waals surface area contributed by atoms with Gasteiger partial charge in [-0.3, -0.25) is 14.5 Å². The largest absolute Gasteiger partial charge is 0.448 e. The molecule has 0 saturated carbocycles. The van der Waals surface area contributed by atoms with Crippen LogP contribution in [0.25, 0.3) is 0 Å². The van der Waals surface area contributed by atoms with Gasteiger partial charge >= 0.3 is 12.0 Å². The molecule has 0 spiro atoms. The number of hydrazone groups is 1. The Hall–Kier alpha value is -3.23. The number of urea groups is 1. The van der Waals surface area contributed by atoms with Crippen LogP contribution in [0.2, 0.25) is 0 Å². The van der Waals surface area contributed by atoms with E-state index in [-0.39, 0.29) is 31.0 Å². The second-order valence-electron chi connectivity index (χ2n) is 5.86. The van der Waals surface area contributed by atoms with Crippen molar-refractivity contribution < 1.29 is 23.9 Å². The van der Waals surface area contributed by atoms with Crippen LogP contribution in [0.5, 0.6) is 0 Å². The van der Waals surface area contributed by atoms with E-state index in [0.29, 0.717) is 12.2 Å². The fraction of sp³-hybridized carbons (Fsp3) is 0.353. The number of rotatable bonds is 4. The Morgan fingerprint density at radius 3 is 2.58 bits per heavy atom. The molecule has 1 aromatic rings. The number of nitrogens with zero attached hydrogens (tertiary/aromatic N) is 3. The minimum absolute atomic E-state index is 0.0546. The van der Waals surface area contributed by atoms with Crippen LogP contribution in [0.1, 0.15) is 19.8 Å². The first-order valence-electron chi connectivity index (χ1n) is 8.23. The number of nitrogens with one attached hydrogen (secondary N) is 1. The van der Waals surface area contributed by atoms with Gasteiger partial charge in [-0.25, -0.2) is 14.6 Å². The summed E-state index contributed by atoms with van der Waals surface area (Å²) in [5.74, 6) is -1.61. The predicted molar refractivity (Wildman–Crippen MR) is 91.3 cm³/mol. The maximum atomic E-state index is 12.3. The van der Waals surface area contributed by atoms with Crippen molar-refractivity contribution in [3.8, 4) is 0 Å². The van der Waals surface area contributed by atoms with E-state index in [1.54, 1.807) is 30.3 Å². The van der Waals surface area contributed by atoms with E-state index in [0.717, 1.165) is 9.91 Å². The molecule has 26 heavy (non-hydrogen) atoms. The third-order valence-electron chi connectivity index (χ3n) is 4.02. The van der Waals surface area contributed by atoms with Crippen molar-refractivity contribution in [2.24, 2.45) is 5.10 Å². The molecule has 0 radical (unpaired) electrons. The molecule has 136 valence electrons. The van der Waals surface area contributed by atoms with Crippen LogP contribution in [0.3, 0.4) is 0 Å². The summed E-state index contributed by atoms with van der Waals surface area (Å²) >= 11 is 0. The monoisotopic (exact) mass is 358 g/mol. The van der Waals surface area contributed by atoms with Gasteiger partial charge in [0.2, 0.25) is 5.91 Å². The zero-order valence-electron chi connectivity index (χ0n) is 14.2. The van der Waals surface area contributed by atoms with Crippen molar-refractivity contribution in [2.75, 3.05) is 18.1 Å². The molecule has 2 aliphatic heterocycles. The molecule has 0 aromatic heterocycles. The van der Waals surface area contributed by atoms with E-state index in [4.69, 9.17) is 4.74 Å². The van der Waals surface area contributed by atoms with Crippen LogP contribution < -0.4 is 10.3 Å². The summed E-state index contributed by atoms with van der Waals surface area (Å²) in [6.45, 7) is 2.00. The lowest BCUT2D eigenvalue weighted by atomic mass is 10.1. The Bertz CT molecular complexity index is 777. The molecule has 9 nitrogen and oxygen atoms in total. The number of esters is 1. The van der Waals surface area contributed by atoms with Crippen molar-refractivity contribution in [1.29, 1.82) is 0 Å². The fourth-order valence-corrected chi connectivity index (χ4v) is 2.65. The van der Waals surface area contributed by atoms with Gasteiger partial charge in [-0.05, 0) is 19.1 Å². The van der Waals surface area contributed by atoms with E-state index in [9.17, 15) is 19.2 Å².